The summed E-state index contributed by atoms with van der Waals surface area (Å²) in [5.74, 6) is 5.35. The zero-order valence-electron chi connectivity index (χ0n) is 18.7. The number of hydrogen-bond donors (Lipinski definition) is 0. The highest BCUT2D eigenvalue weighted by Gasteiger charge is 2.26. The van der Waals surface area contributed by atoms with Crippen LogP contribution in [0.5, 0.6) is 0 Å². The summed E-state index contributed by atoms with van der Waals surface area (Å²) in [6, 6.07) is 16.0. The summed E-state index contributed by atoms with van der Waals surface area (Å²) in [6.07, 6.45) is 7.68. The first kappa shape index (κ1) is 24.6. The predicted octanol–water partition coefficient (Wildman–Crippen LogP) is 3.30. The average Bonchev–Trinajstić information content (AvgIpc) is 2.80. The van der Waals surface area contributed by atoms with Gasteiger partial charge in [-0.25, -0.2) is 21.1 Å². The summed E-state index contributed by atoms with van der Waals surface area (Å²) in [4.78, 5) is 0.396. The lowest BCUT2D eigenvalue weighted by Gasteiger charge is -2.24. The molecule has 0 aromatic heterocycles. The Hall–Kier alpha value is -3.04. The van der Waals surface area contributed by atoms with Gasteiger partial charge < -0.3 is 0 Å². The number of hydrogen-bond acceptors (Lipinski definition) is 4. The molecule has 0 saturated heterocycles. The topological polar surface area (TPSA) is 74.8 Å². The van der Waals surface area contributed by atoms with Crippen LogP contribution in [-0.4, -0.2) is 45.1 Å². The van der Waals surface area contributed by atoms with Crippen molar-refractivity contribution in [2.24, 2.45) is 0 Å². The molecule has 0 fully saturated rings. The molecule has 172 valence electrons. The number of rotatable bonds is 6. The van der Waals surface area contributed by atoms with E-state index in [-0.39, 0.29) is 35.8 Å². The van der Waals surface area contributed by atoms with Gasteiger partial charge in [0.25, 0.3) is 10.0 Å². The van der Waals surface area contributed by atoms with E-state index >= 15 is 0 Å². The summed E-state index contributed by atoms with van der Waals surface area (Å²) >= 11 is 0. The van der Waals surface area contributed by atoms with Crippen LogP contribution in [0.25, 0.3) is 0 Å². The molecule has 6 nitrogen and oxygen atoms in total. The van der Waals surface area contributed by atoms with Crippen LogP contribution in [-0.2, 0) is 20.0 Å². The van der Waals surface area contributed by atoms with Gasteiger partial charge >= 0.3 is 0 Å². The number of nitrogens with zero attached hydrogens (tertiary/aromatic N) is 2. The Bertz CT molecular complexity index is 1340. The van der Waals surface area contributed by atoms with Crippen molar-refractivity contribution in [1.29, 1.82) is 0 Å². The average molecular weight is 483 g/mol. The number of aryl methyl sites for hydroxylation is 2. The second kappa shape index (κ2) is 10.3. The minimum atomic E-state index is -3.83. The summed E-state index contributed by atoms with van der Waals surface area (Å²) < 4.78 is 54.2. The Morgan fingerprint density at radius 3 is 2.03 bits per heavy atom. The molecular formula is C25H26N2O4S2. The minimum Gasteiger partial charge on any atom is -0.223 e. The fraction of sp³-hybridized carbons (Fsp3) is 0.280. The van der Waals surface area contributed by atoms with Crippen LogP contribution < -0.4 is 0 Å². The third-order valence-corrected chi connectivity index (χ3v) is 8.84. The molecule has 1 aliphatic heterocycles. The van der Waals surface area contributed by atoms with Crippen molar-refractivity contribution in [3.8, 4) is 24.3 Å². The van der Waals surface area contributed by atoms with Crippen molar-refractivity contribution in [3.05, 3.63) is 71.3 Å². The Kier molecular flexibility index (Phi) is 7.65. The maximum Gasteiger partial charge on any atom is 0.271 e. The van der Waals surface area contributed by atoms with Crippen LogP contribution in [0.15, 0.2) is 70.0 Å². The van der Waals surface area contributed by atoms with Crippen LogP contribution in [0, 0.1) is 38.2 Å². The molecule has 0 unspecified atom stereocenters. The maximum absolute atomic E-state index is 13.0. The lowest BCUT2D eigenvalue weighted by atomic mass is 10.1. The van der Waals surface area contributed by atoms with Gasteiger partial charge in [0.1, 0.15) is 0 Å². The van der Waals surface area contributed by atoms with Gasteiger partial charge in [-0.15, -0.1) is 12.3 Å². The third kappa shape index (κ3) is 5.85. The van der Waals surface area contributed by atoms with Gasteiger partial charge in [0.2, 0.25) is 10.0 Å². The van der Waals surface area contributed by atoms with Crippen molar-refractivity contribution < 1.29 is 16.8 Å². The SMILES string of the molecule is C#CCCN(C#CC1=CCN(S(=O)(=O)c2ccc(C)cc2)CC1)S(=O)(=O)c1ccc(C)cc1. The first-order chi connectivity index (χ1) is 15.6. The fourth-order valence-corrected chi connectivity index (χ4v) is 5.83. The molecule has 1 aliphatic rings. The van der Waals surface area contributed by atoms with E-state index in [1.807, 2.05) is 13.8 Å². The lowest BCUT2D eigenvalue weighted by molar-refractivity contribution is 0.434. The van der Waals surface area contributed by atoms with Crippen LogP contribution in [0.1, 0.15) is 24.0 Å². The Labute approximate surface area is 197 Å². The Balaban J connectivity index is 1.79. The van der Waals surface area contributed by atoms with Gasteiger partial charge in [-0.3, -0.25) is 0 Å². The summed E-state index contributed by atoms with van der Waals surface area (Å²) in [7, 11) is -7.43. The van der Waals surface area contributed by atoms with E-state index in [4.69, 9.17) is 6.42 Å². The van der Waals surface area contributed by atoms with E-state index in [9.17, 15) is 16.8 Å². The number of sulfonamides is 2. The molecule has 8 heteroatoms. The predicted molar refractivity (Wildman–Crippen MR) is 129 cm³/mol. The first-order valence-electron chi connectivity index (χ1n) is 10.4. The Morgan fingerprint density at radius 1 is 0.939 bits per heavy atom. The van der Waals surface area contributed by atoms with E-state index in [1.54, 1.807) is 54.6 Å². The van der Waals surface area contributed by atoms with E-state index in [0.717, 1.165) is 15.4 Å². The zero-order chi connectivity index (χ0) is 24.1. The molecule has 33 heavy (non-hydrogen) atoms. The zero-order valence-corrected chi connectivity index (χ0v) is 20.3. The van der Waals surface area contributed by atoms with Crippen molar-refractivity contribution in [1.82, 2.24) is 8.61 Å². The molecule has 3 rings (SSSR count). The van der Waals surface area contributed by atoms with Crippen LogP contribution in [0.2, 0.25) is 0 Å². The number of terminal acetylenes is 1. The molecule has 0 spiro atoms. The van der Waals surface area contributed by atoms with Gasteiger partial charge in [-0.05, 0) is 50.5 Å². The largest absolute Gasteiger partial charge is 0.271 e. The molecule has 0 amide bonds. The third-order valence-electron chi connectivity index (χ3n) is 5.24. The molecule has 0 bridgehead atoms. The normalized spacial score (nSPS) is 14.5. The summed E-state index contributed by atoms with van der Waals surface area (Å²) in [6.45, 7) is 4.29. The van der Waals surface area contributed by atoms with Gasteiger partial charge in [0, 0.05) is 31.1 Å². The summed E-state index contributed by atoms with van der Waals surface area (Å²) in [5.41, 5.74) is 2.63. The van der Waals surface area contributed by atoms with E-state index < -0.39 is 20.0 Å². The van der Waals surface area contributed by atoms with Crippen LogP contribution in [0.3, 0.4) is 0 Å². The van der Waals surface area contributed by atoms with E-state index in [0.29, 0.717) is 12.0 Å². The van der Waals surface area contributed by atoms with Crippen LogP contribution >= 0.6 is 0 Å². The van der Waals surface area contributed by atoms with E-state index in [2.05, 4.69) is 17.9 Å². The molecule has 0 radical (unpaired) electrons. The second-order valence-corrected chi connectivity index (χ2v) is 11.5. The van der Waals surface area contributed by atoms with Crippen molar-refractivity contribution in [2.45, 2.75) is 36.5 Å². The highest BCUT2D eigenvalue weighted by atomic mass is 32.2. The maximum atomic E-state index is 13.0. The fourth-order valence-electron chi connectivity index (χ4n) is 3.22. The molecule has 2 aromatic rings. The molecule has 0 N–H and O–H groups in total. The van der Waals surface area contributed by atoms with Gasteiger partial charge in [-0.1, -0.05) is 41.5 Å². The molecule has 1 heterocycles. The summed E-state index contributed by atoms with van der Waals surface area (Å²) in [5, 5.41) is 0. The standard InChI is InChI=1S/C25H26N2O4S2/c1-4-5-17-26(32(28,29)24-10-6-21(2)7-11-24)18-14-23-15-19-27(20-16-23)33(30,31)25-12-8-22(3)9-13-25/h1,6-13,15H,5,16-17,19-20H2,2-3H3. The van der Waals surface area contributed by atoms with Gasteiger partial charge in [0.15, 0.2) is 0 Å². The monoisotopic (exact) mass is 482 g/mol. The molecular weight excluding hydrogens is 456 g/mol. The minimum absolute atomic E-state index is 0.0704. The van der Waals surface area contributed by atoms with Gasteiger partial charge in [0.05, 0.1) is 16.3 Å². The van der Waals surface area contributed by atoms with Crippen molar-refractivity contribution in [3.63, 3.8) is 0 Å². The van der Waals surface area contributed by atoms with Gasteiger partial charge in [-0.2, -0.15) is 4.31 Å². The molecule has 0 atom stereocenters. The van der Waals surface area contributed by atoms with E-state index in [1.165, 1.54) is 4.31 Å². The highest BCUT2D eigenvalue weighted by Crippen LogP contribution is 2.21. The molecule has 2 aromatic carbocycles. The Morgan fingerprint density at radius 2 is 1.52 bits per heavy atom. The first-order valence-corrected chi connectivity index (χ1v) is 13.3. The molecule has 0 saturated carbocycles. The quantitative estimate of drug-likeness (QED) is 0.468. The van der Waals surface area contributed by atoms with Crippen molar-refractivity contribution in [2.75, 3.05) is 19.6 Å². The number of benzene rings is 2. The van der Waals surface area contributed by atoms with Crippen molar-refractivity contribution >= 4 is 20.0 Å². The molecule has 0 aliphatic carbocycles. The lowest BCUT2D eigenvalue weighted by Crippen LogP contribution is -2.34. The highest BCUT2D eigenvalue weighted by molar-refractivity contribution is 7.89. The smallest absolute Gasteiger partial charge is 0.223 e. The second-order valence-electron chi connectivity index (χ2n) is 7.74. The van der Waals surface area contributed by atoms with Crippen LogP contribution in [0.4, 0.5) is 0 Å².